The zero-order chi connectivity index (χ0) is 17.8. The van der Waals surface area contributed by atoms with Gasteiger partial charge in [0.15, 0.2) is 5.13 Å². The summed E-state index contributed by atoms with van der Waals surface area (Å²) in [7, 11) is 3.46. The molecule has 25 heavy (non-hydrogen) atoms. The van der Waals surface area contributed by atoms with Crippen molar-refractivity contribution in [2.45, 2.75) is 6.92 Å². The fraction of sp³-hybridized carbons (Fsp3) is 0.167. The van der Waals surface area contributed by atoms with Crippen LogP contribution in [0.25, 0.3) is 17.3 Å². The van der Waals surface area contributed by atoms with Gasteiger partial charge >= 0.3 is 0 Å². The van der Waals surface area contributed by atoms with Gasteiger partial charge in [0, 0.05) is 35.8 Å². The van der Waals surface area contributed by atoms with Crippen LogP contribution in [0.1, 0.15) is 11.1 Å². The van der Waals surface area contributed by atoms with E-state index in [0.29, 0.717) is 5.13 Å². The van der Waals surface area contributed by atoms with Gasteiger partial charge in [-0.15, -0.1) is 11.3 Å². The highest BCUT2D eigenvalue weighted by Crippen LogP contribution is 2.32. The Morgan fingerprint density at radius 1 is 1.40 bits per heavy atom. The van der Waals surface area contributed by atoms with Crippen LogP contribution in [-0.2, 0) is 11.8 Å². The normalized spacial score (nSPS) is 11.0. The van der Waals surface area contributed by atoms with Crippen molar-refractivity contribution < 1.29 is 9.53 Å². The average Bonchev–Trinajstić information content (AvgIpc) is 3.22. The molecular weight excluding hydrogens is 336 g/mol. The minimum atomic E-state index is -0.235. The number of carbonyl (C=O) groups excluding carboxylic acids is 1. The van der Waals surface area contributed by atoms with Gasteiger partial charge in [0.1, 0.15) is 5.75 Å². The summed E-state index contributed by atoms with van der Waals surface area (Å²) in [6.45, 7) is 2.02. The van der Waals surface area contributed by atoms with E-state index in [1.165, 1.54) is 17.4 Å². The first-order chi connectivity index (χ1) is 12.0. The van der Waals surface area contributed by atoms with Gasteiger partial charge in [0.2, 0.25) is 5.91 Å². The number of thiazole rings is 1. The van der Waals surface area contributed by atoms with Gasteiger partial charge in [0.05, 0.1) is 19.0 Å². The minimum absolute atomic E-state index is 0.235. The Hall–Kier alpha value is -2.93. The lowest BCUT2D eigenvalue weighted by Gasteiger charge is -2.07. The minimum Gasteiger partial charge on any atom is -0.496 e. The Labute approximate surface area is 149 Å². The van der Waals surface area contributed by atoms with E-state index in [0.717, 1.165) is 28.1 Å². The number of nitrogens with zero attached hydrogens (tertiary/aromatic N) is 3. The monoisotopic (exact) mass is 354 g/mol. The molecule has 2 heterocycles. The summed E-state index contributed by atoms with van der Waals surface area (Å²) in [6, 6.07) is 5.92. The molecule has 3 rings (SSSR count). The van der Waals surface area contributed by atoms with E-state index in [2.05, 4.69) is 15.4 Å². The predicted octanol–water partition coefficient (Wildman–Crippen LogP) is 3.51. The number of ether oxygens (including phenoxy) is 1. The topological polar surface area (TPSA) is 69.0 Å². The molecule has 0 atom stereocenters. The second kappa shape index (κ2) is 7.31. The summed E-state index contributed by atoms with van der Waals surface area (Å²) in [5, 5.41) is 9.27. The second-order valence-corrected chi connectivity index (χ2v) is 6.37. The van der Waals surface area contributed by atoms with E-state index >= 15 is 0 Å². The van der Waals surface area contributed by atoms with Crippen molar-refractivity contribution in [2.75, 3.05) is 12.4 Å². The molecule has 0 aliphatic heterocycles. The van der Waals surface area contributed by atoms with Crippen LogP contribution in [0.2, 0.25) is 0 Å². The highest BCUT2D eigenvalue weighted by molar-refractivity contribution is 7.14. The van der Waals surface area contributed by atoms with E-state index in [1.807, 2.05) is 43.7 Å². The summed E-state index contributed by atoms with van der Waals surface area (Å²) in [4.78, 5) is 16.5. The number of rotatable bonds is 5. The van der Waals surface area contributed by atoms with E-state index in [9.17, 15) is 4.79 Å². The smallest absolute Gasteiger partial charge is 0.250 e. The molecular formula is C18H18N4O2S. The second-order valence-electron chi connectivity index (χ2n) is 5.51. The van der Waals surface area contributed by atoms with Crippen LogP contribution in [0.3, 0.4) is 0 Å². The van der Waals surface area contributed by atoms with Gasteiger partial charge in [-0.3, -0.25) is 14.8 Å². The van der Waals surface area contributed by atoms with Gasteiger partial charge < -0.3 is 4.74 Å². The van der Waals surface area contributed by atoms with Crippen LogP contribution in [-0.4, -0.2) is 27.8 Å². The molecule has 0 unspecified atom stereocenters. The number of carbonyl (C=O) groups is 1. The Balaban J connectivity index is 1.72. The molecule has 2 aromatic heterocycles. The quantitative estimate of drug-likeness (QED) is 0.712. The zero-order valence-electron chi connectivity index (χ0n) is 14.2. The fourth-order valence-corrected chi connectivity index (χ4v) is 3.04. The average molecular weight is 354 g/mol. The lowest BCUT2D eigenvalue weighted by Crippen LogP contribution is -2.07. The van der Waals surface area contributed by atoms with Crippen LogP contribution in [0, 0.1) is 6.92 Å². The van der Waals surface area contributed by atoms with Crippen LogP contribution in [0.5, 0.6) is 5.75 Å². The summed E-state index contributed by atoms with van der Waals surface area (Å²) in [5.41, 5.74) is 3.66. The molecule has 128 valence electrons. The fourth-order valence-electron chi connectivity index (χ4n) is 2.32. The van der Waals surface area contributed by atoms with Crippen LogP contribution in [0.4, 0.5) is 5.13 Å². The van der Waals surface area contributed by atoms with Crippen molar-refractivity contribution >= 4 is 28.5 Å². The largest absolute Gasteiger partial charge is 0.496 e. The molecule has 0 fully saturated rings. The number of anilines is 1. The molecule has 0 saturated heterocycles. The lowest BCUT2D eigenvalue weighted by molar-refractivity contribution is -0.111. The van der Waals surface area contributed by atoms with Crippen LogP contribution >= 0.6 is 11.3 Å². The van der Waals surface area contributed by atoms with Crippen LogP contribution < -0.4 is 10.1 Å². The van der Waals surface area contributed by atoms with Gasteiger partial charge in [-0.1, -0.05) is 11.6 Å². The maximum Gasteiger partial charge on any atom is 0.250 e. The van der Waals surface area contributed by atoms with E-state index < -0.39 is 0 Å². The number of benzene rings is 1. The standard InChI is InChI=1S/C18H18N4O2S/c1-12-4-6-16(24-3)14(8-12)15-11-25-18(20-15)21-17(23)7-5-13-9-19-22(2)10-13/h4-11H,1-3H3,(H,20,21,23)/b7-5+. The van der Waals surface area contributed by atoms with Crippen molar-refractivity contribution in [3.05, 3.63) is 53.2 Å². The number of aromatic nitrogens is 3. The number of methoxy groups -OCH3 is 1. The summed E-state index contributed by atoms with van der Waals surface area (Å²) in [5.74, 6) is 0.520. The van der Waals surface area contributed by atoms with Gasteiger partial charge in [-0.05, 0) is 25.1 Å². The van der Waals surface area contributed by atoms with E-state index in [-0.39, 0.29) is 5.91 Å². The Bertz CT molecular complexity index is 927. The third kappa shape index (κ3) is 4.13. The maximum absolute atomic E-state index is 12.0. The van der Waals surface area contributed by atoms with E-state index in [1.54, 1.807) is 24.1 Å². The molecule has 1 amide bonds. The molecule has 3 aromatic rings. The Morgan fingerprint density at radius 2 is 2.24 bits per heavy atom. The highest BCUT2D eigenvalue weighted by atomic mass is 32.1. The molecule has 1 N–H and O–H groups in total. The number of amides is 1. The van der Waals surface area contributed by atoms with Gasteiger partial charge in [-0.25, -0.2) is 4.98 Å². The van der Waals surface area contributed by atoms with Crippen LogP contribution in [0.15, 0.2) is 42.0 Å². The zero-order valence-corrected chi connectivity index (χ0v) is 15.0. The molecule has 7 heteroatoms. The molecule has 0 spiro atoms. The molecule has 0 bridgehead atoms. The van der Waals surface area contributed by atoms with Crippen molar-refractivity contribution in [3.8, 4) is 17.0 Å². The number of hydrogen-bond donors (Lipinski definition) is 1. The first-order valence-electron chi connectivity index (χ1n) is 7.63. The number of nitrogens with one attached hydrogen (secondary N) is 1. The van der Waals surface area contributed by atoms with Crippen molar-refractivity contribution in [1.29, 1.82) is 0 Å². The number of hydrogen-bond acceptors (Lipinski definition) is 5. The Kier molecular flexibility index (Phi) is 4.95. The van der Waals surface area contributed by atoms with Gasteiger partial charge in [-0.2, -0.15) is 5.10 Å². The first kappa shape index (κ1) is 16.9. The lowest BCUT2D eigenvalue weighted by atomic mass is 10.1. The molecule has 0 radical (unpaired) electrons. The third-order valence-electron chi connectivity index (χ3n) is 3.52. The van der Waals surface area contributed by atoms with Crippen molar-refractivity contribution in [3.63, 3.8) is 0 Å². The van der Waals surface area contributed by atoms with Crippen molar-refractivity contribution in [2.24, 2.45) is 7.05 Å². The third-order valence-corrected chi connectivity index (χ3v) is 4.27. The predicted molar refractivity (Wildman–Crippen MR) is 99.7 cm³/mol. The van der Waals surface area contributed by atoms with E-state index in [4.69, 9.17) is 4.74 Å². The van der Waals surface area contributed by atoms with Crippen molar-refractivity contribution in [1.82, 2.24) is 14.8 Å². The molecule has 1 aromatic carbocycles. The molecule has 6 nitrogen and oxygen atoms in total. The highest BCUT2D eigenvalue weighted by Gasteiger charge is 2.11. The van der Waals surface area contributed by atoms with Gasteiger partial charge in [0.25, 0.3) is 0 Å². The molecule has 0 aliphatic rings. The molecule has 0 saturated carbocycles. The molecule has 0 aliphatic carbocycles. The SMILES string of the molecule is COc1ccc(C)cc1-c1csc(NC(=O)/C=C/c2cnn(C)c2)n1. The maximum atomic E-state index is 12.0. The summed E-state index contributed by atoms with van der Waals surface area (Å²) < 4.78 is 7.07. The Morgan fingerprint density at radius 3 is 2.96 bits per heavy atom. The number of aryl methyl sites for hydroxylation is 2. The summed E-state index contributed by atoms with van der Waals surface area (Å²) in [6.07, 6.45) is 6.69. The first-order valence-corrected chi connectivity index (χ1v) is 8.51. The summed E-state index contributed by atoms with van der Waals surface area (Å²) >= 11 is 1.37.